The van der Waals surface area contributed by atoms with E-state index in [9.17, 15) is 8.42 Å². The number of nitrogens with one attached hydrogen (secondary N) is 1. The zero-order valence-corrected chi connectivity index (χ0v) is 12.9. The molecular formula is C15H16ClNO2S. The number of hydrogen-bond acceptors (Lipinski definition) is 2. The van der Waals surface area contributed by atoms with Crippen LogP contribution in [0.4, 0.5) is 0 Å². The van der Waals surface area contributed by atoms with E-state index in [0.717, 1.165) is 5.56 Å². The van der Waals surface area contributed by atoms with Gasteiger partial charge in [-0.3, -0.25) is 0 Å². The van der Waals surface area contributed by atoms with Gasteiger partial charge in [0.05, 0.1) is 4.90 Å². The highest BCUT2D eigenvalue weighted by molar-refractivity contribution is 7.89. The van der Waals surface area contributed by atoms with E-state index in [4.69, 9.17) is 11.6 Å². The fourth-order valence-electron chi connectivity index (χ4n) is 2.04. The summed E-state index contributed by atoms with van der Waals surface area (Å²) in [5.74, 6) is 0. The van der Waals surface area contributed by atoms with Gasteiger partial charge in [0.25, 0.3) is 0 Å². The van der Waals surface area contributed by atoms with Gasteiger partial charge in [-0.05, 0) is 37.1 Å². The second kappa shape index (κ2) is 5.95. The Morgan fingerprint density at radius 2 is 1.65 bits per heavy atom. The van der Waals surface area contributed by atoms with Crippen molar-refractivity contribution in [1.29, 1.82) is 0 Å². The van der Waals surface area contributed by atoms with Gasteiger partial charge < -0.3 is 0 Å². The van der Waals surface area contributed by atoms with Gasteiger partial charge in [-0.15, -0.1) is 0 Å². The predicted octanol–water partition coefficient (Wildman–Crippen LogP) is 3.69. The maximum Gasteiger partial charge on any atom is 0.241 e. The first kappa shape index (κ1) is 15.0. The Morgan fingerprint density at radius 1 is 1.05 bits per heavy atom. The van der Waals surface area contributed by atoms with Crippen molar-refractivity contribution in [1.82, 2.24) is 4.72 Å². The van der Waals surface area contributed by atoms with Crippen molar-refractivity contribution >= 4 is 21.6 Å². The molecule has 2 aromatic carbocycles. The Kier molecular flexibility index (Phi) is 4.48. The zero-order chi connectivity index (χ0) is 14.8. The molecule has 0 aromatic heterocycles. The summed E-state index contributed by atoms with van der Waals surface area (Å²) in [6.07, 6.45) is 0. The van der Waals surface area contributed by atoms with Gasteiger partial charge in [0.2, 0.25) is 10.0 Å². The average molecular weight is 310 g/mol. The number of halogens is 1. The third-order valence-electron chi connectivity index (χ3n) is 3.09. The number of aryl methyl sites for hydroxylation is 1. The van der Waals surface area contributed by atoms with Crippen molar-refractivity contribution in [3.8, 4) is 0 Å². The molecule has 0 radical (unpaired) electrons. The molecule has 1 atom stereocenters. The topological polar surface area (TPSA) is 46.2 Å². The third-order valence-corrected chi connectivity index (χ3v) is 5.13. The molecule has 0 bridgehead atoms. The number of hydrogen-bond donors (Lipinski definition) is 1. The molecule has 106 valence electrons. The predicted molar refractivity (Wildman–Crippen MR) is 81.4 cm³/mol. The quantitative estimate of drug-likeness (QED) is 0.936. The molecule has 0 aliphatic heterocycles. The molecule has 3 nitrogen and oxygen atoms in total. The Bertz CT molecular complexity index is 713. The molecule has 1 N–H and O–H groups in total. The van der Waals surface area contributed by atoms with Gasteiger partial charge in [0, 0.05) is 11.1 Å². The summed E-state index contributed by atoms with van der Waals surface area (Å²) in [4.78, 5) is 0.291. The van der Waals surface area contributed by atoms with Crippen molar-refractivity contribution in [3.63, 3.8) is 0 Å². The van der Waals surface area contributed by atoms with Crippen LogP contribution in [0.15, 0.2) is 53.4 Å². The molecule has 0 spiro atoms. The van der Waals surface area contributed by atoms with Crippen LogP contribution in [-0.4, -0.2) is 8.42 Å². The monoisotopic (exact) mass is 309 g/mol. The third kappa shape index (κ3) is 3.20. The Hall–Kier alpha value is -1.36. The van der Waals surface area contributed by atoms with Crippen molar-refractivity contribution in [2.75, 3.05) is 0 Å². The average Bonchev–Trinajstić information content (AvgIpc) is 2.38. The summed E-state index contributed by atoms with van der Waals surface area (Å²) in [5, 5.41) is 0.549. The Balaban J connectivity index is 2.30. The van der Waals surface area contributed by atoms with E-state index < -0.39 is 16.1 Å². The summed E-state index contributed by atoms with van der Waals surface area (Å²) in [7, 11) is -3.56. The van der Waals surface area contributed by atoms with Crippen LogP contribution in [0, 0.1) is 6.92 Å². The molecule has 0 aliphatic rings. The second-order valence-corrected chi connectivity index (χ2v) is 6.72. The van der Waals surface area contributed by atoms with E-state index >= 15 is 0 Å². The van der Waals surface area contributed by atoms with Crippen LogP contribution in [0.1, 0.15) is 24.1 Å². The molecule has 0 aliphatic carbocycles. The van der Waals surface area contributed by atoms with Crippen LogP contribution in [0.25, 0.3) is 0 Å². The van der Waals surface area contributed by atoms with Crippen LogP contribution >= 0.6 is 11.6 Å². The van der Waals surface area contributed by atoms with Crippen LogP contribution in [0.5, 0.6) is 0 Å². The summed E-state index contributed by atoms with van der Waals surface area (Å²) < 4.78 is 27.4. The number of benzene rings is 2. The second-order valence-electron chi connectivity index (χ2n) is 4.63. The van der Waals surface area contributed by atoms with E-state index in [1.165, 1.54) is 0 Å². The molecule has 2 rings (SSSR count). The van der Waals surface area contributed by atoms with Crippen LogP contribution in [-0.2, 0) is 10.0 Å². The minimum atomic E-state index is -3.56. The molecule has 0 unspecified atom stereocenters. The lowest BCUT2D eigenvalue weighted by atomic mass is 10.1. The molecule has 0 saturated heterocycles. The van der Waals surface area contributed by atoms with E-state index in [1.54, 1.807) is 38.1 Å². The van der Waals surface area contributed by atoms with Gasteiger partial charge in [-0.25, -0.2) is 13.1 Å². The SMILES string of the molecule is Cc1ccccc1S(=O)(=O)N[C@H](C)c1ccccc1Cl. The Labute approximate surface area is 124 Å². The maximum absolute atomic E-state index is 12.4. The minimum absolute atomic E-state index is 0.291. The van der Waals surface area contributed by atoms with E-state index in [2.05, 4.69) is 4.72 Å². The lowest BCUT2D eigenvalue weighted by Gasteiger charge is -2.16. The lowest BCUT2D eigenvalue weighted by Crippen LogP contribution is -2.27. The van der Waals surface area contributed by atoms with Crippen molar-refractivity contribution < 1.29 is 8.42 Å². The van der Waals surface area contributed by atoms with Crippen molar-refractivity contribution in [3.05, 3.63) is 64.7 Å². The van der Waals surface area contributed by atoms with Crippen LogP contribution in [0.2, 0.25) is 5.02 Å². The first-order chi connectivity index (χ1) is 9.42. The summed E-state index contributed by atoms with van der Waals surface area (Å²) in [6, 6.07) is 13.7. The highest BCUT2D eigenvalue weighted by Crippen LogP contribution is 2.24. The standard InChI is InChI=1S/C15H16ClNO2S/c1-11-7-3-6-10-15(11)20(18,19)17-12(2)13-8-4-5-9-14(13)16/h3-10,12,17H,1-2H3/t12-/m1/s1. The summed E-state index contributed by atoms with van der Waals surface area (Å²) in [6.45, 7) is 3.55. The summed E-state index contributed by atoms with van der Waals surface area (Å²) >= 11 is 6.09. The molecule has 0 fully saturated rings. The lowest BCUT2D eigenvalue weighted by molar-refractivity contribution is 0.566. The highest BCUT2D eigenvalue weighted by Gasteiger charge is 2.20. The molecule has 20 heavy (non-hydrogen) atoms. The summed E-state index contributed by atoms with van der Waals surface area (Å²) in [5.41, 5.74) is 1.47. The van der Waals surface area contributed by atoms with Gasteiger partial charge in [-0.1, -0.05) is 48.0 Å². The van der Waals surface area contributed by atoms with Gasteiger partial charge in [0.1, 0.15) is 0 Å². The van der Waals surface area contributed by atoms with Crippen molar-refractivity contribution in [2.45, 2.75) is 24.8 Å². The van der Waals surface area contributed by atoms with E-state index in [1.807, 2.05) is 24.3 Å². The fraction of sp³-hybridized carbons (Fsp3) is 0.200. The first-order valence-corrected chi connectivity index (χ1v) is 8.10. The fourth-order valence-corrected chi connectivity index (χ4v) is 3.81. The zero-order valence-electron chi connectivity index (χ0n) is 11.3. The van der Waals surface area contributed by atoms with Crippen LogP contribution < -0.4 is 4.72 Å². The van der Waals surface area contributed by atoms with Gasteiger partial charge in [0.15, 0.2) is 0 Å². The number of sulfonamides is 1. The molecular weight excluding hydrogens is 294 g/mol. The van der Waals surface area contributed by atoms with E-state index in [-0.39, 0.29) is 0 Å². The molecule has 0 saturated carbocycles. The first-order valence-electron chi connectivity index (χ1n) is 6.24. The van der Waals surface area contributed by atoms with Gasteiger partial charge >= 0.3 is 0 Å². The van der Waals surface area contributed by atoms with Crippen LogP contribution in [0.3, 0.4) is 0 Å². The molecule has 2 aromatic rings. The Morgan fingerprint density at radius 3 is 2.30 bits per heavy atom. The molecule has 0 heterocycles. The molecule has 0 amide bonds. The molecule has 5 heteroatoms. The van der Waals surface area contributed by atoms with Gasteiger partial charge in [-0.2, -0.15) is 0 Å². The smallest absolute Gasteiger partial charge is 0.207 e. The van der Waals surface area contributed by atoms with E-state index in [0.29, 0.717) is 15.5 Å². The highest BCUT2D eigenvalue weighted by atomic mass is 35.5. The normalized spacial score (nSPS) is 13.2. The minimum Gasteiger partial charge on any atom is -0.207 e. The van der Waals surface area contributed by atoms with Crippen molar-refractivity contribution in [2.24, 2.45) is 0 Å². The maximum atomic E-state index is 12.4. The number of rotatable bonds is 4. The largest absolute Gasteiger partial charge is 0.241 e.